The van der Waals surface area contributed by atoms with Crippen LogP contribution in [0, 0.1) is 20.8 Å². The van der Waals surface area contributed by atoms with Crippen LogP contribution < -0.4 is 5.56 Å². The van der Waals surface area contributed by atoms with Crippen molar-refractivity contribution in [3.8, 4) is 0 Å². The van der Waals surface area contributed by atoms with Gasteiger partial charge in [-0.25, -0.2) is 4.98 Å². The van der Waals surface area contributed by atoms with E-state index in [4.69, 9.17) is 0 Å². The topological polar surface area (TPSA) is 52.0 Å². The molecule has 0 unspecified atom stereocenters. The lowest BCUT2D eigenvalue weighted by molar-refractivity contribution is 0.102. The number of nitrogens with zero attached hydrogens (tertiary/aromatic N) is 2. The van der Waals surface area contributed by atoms with Crippen molar-refractivity contribution in [2.45, 2.75) is 39.4 Å². The van der Waals surface area contributed by atoms with Crippen LogP contribution in [0.3, 0.4) is 0 Å². The third-order valence-electron chi connectivity index (χ3n) is 3.92. The van der Waals surface area contributed by atoms with E-state index in [1.165, 1.54) is 34.4 Å². The molecule has 0 spiro atoms. The van der Waals surface area contributed by atoms with Gasteiger partial charge >= 0.3 is 0 Å². The summed E-state index contributed by atoms with van der Waals surface area (Å²) in [4.78, 5) is 33.5. The summed E-state index contributed by atoms with van der Waals surface area (Å²) in [6.07, 6.45) is 0. The first-order chi connectivity index (χ1) is 11.4. The number of aryl methyl sites for hydroxylation is 3. The Bertz CT molecular complexity index is 982. The van der Waals surface area contributed by atoms with Gasteiger partial charge in [0.1, 0.15) is 4.83 Å². The monoisotopic (exact) mass is 378 g/mol. The molecule has 0 atom stereocenters. The number of rotatable bonds is 5. The Morgan fingerprint density at radius 2 is 2.00 bits per heavy atom. The van der Waals surface area contributed by atoms with Crippen LogP contribution in [0.1, 0.15) is 31.9 Å². The first-order valence-electron chi connectivity index (χ1n) is 7.65. The van der Waals surface area contributed by atoms with Crippen molar-refractivity contribution < 1.29 is 4.79 Å². The molecular weight excluding hydrogens is 360 g/mol. The number of hydrogen-bond donors (Lipinski definition) is 0. The number of fused-ring (bicyclic) bond motifs is 1. The molecule has 0 aliphatic heterocycles. The van der Waals surface area contributed by atoms with Gasteiger partial charge < -0.3 is 0 Å². The molecule has 0 N–H and O–H groups in total. The molecule has 0 saturated carbocycles. The second-order valence-corrected chi connectivity index (χ2v) is 8.96. The van der Waals surface area contributed by atoms with E-state index in [0.29, 0.717) is 22.8 Å². The largest absolute Gasteiger partial charge is 0.292 e. The van der Waals surface area contributed by atoms with Gasteiger partial charge in [-0.15, -0.1) is 22.7 Å². The summed E-state index contributed by atoms with van der Waals surface area (Å²) in [5.74, 6) is 0.370. The van der Waals surface area contributed by atoms with Crippen LogP contribution in [0.5, 0.6) is 0 Å². The Hall–Kier alpha value is -1.44. The van der Waals surface area contributed by atoms with Gasteiger partial charge in [0.05, 0.1) is 16.0 Å². The highest BCUT2D eigenvalue weighted by molar-refractivity contribution is 7.99. The summed E-state index contributed by atoms with van der Waals surface area (Å²) < 4.78 is 1.67. The van der Waals surface area contributed by atoms with Crippen LogP contribution in [0.4, 0.5) is 0 Å². The zero-order valence-electron chi connectivity index (χ0n) is 14.0. The third kappa shape index (κ3) is 3.08. The predicted octanol–water partition coefficient (Wildman–Crippen LogP) is 4.44. The fourth-order valence-electron chi connectivity index (χ4n) is 2.48. The molecule has 0 aliphatic carbocycles. The van der Waals surface area contributed by atoms with E-state index in [9.17, 15) is 9.59 Å². The second kappa shape index (κ2) is 6.82. The minimum absolute atomic E-state index is 0.00809. The predicted molar refractivity (Wildman–Crippen MR) is 103 cm³/mol. The van der Waals surface area contributed by atoms with E-state index in [1.807, 2.05) is 39.8 Å². The van der Waals surface area contributed by atoms with Gasteiger partial charge in [0.2, 0.25) is 0 Å². The molecule has 0 radical (unpaired) electrons. The molecule has 126 valence electrons. The molecule has 3 aromatic heterocycles. The SMILES string of the molecule is CCn1c(SCC(=O)c2ccc(C)s2)nc2sc(C)c(C)c2c1=O. The number of carbonyl (C=O) groups is 1. The summed E-state index contributed by atoms with van der Waals surface area (Å²) in [5.41, 5.74) is 1.00. The van der Waals surface area contributed by atoms with Gasteiger partial charge in [-0.05, 0) is 45.4 Å². The maximum Gasteiger partial charge on any atom is 0.263 e. The first kappa shape index (κ1) is 17.4. The molecule has 0 saturated heterocycles. The highest BCUT2D eigenvalue weighted by Gasteiger charge is 2.17. The summed E-state index contributed by atoms with van der Waals surface area (Å²) in [6, 6.07) is 3.81. The van der Waals surface area contributed by atoms with Crippen molar-refractivity contribution in [1.82, 2.24) is 9.55 Å². The fourth-order valence-corrected chi connectivity index (χ4v) is 5.40. The Balaban J connectivity index is 1.94. The lowest BCUT2D eigenvalue weighted by Gasteiger charge is -2.09. The van der Waals surface area contributed by atoms with Crippen molar-refractivity contribution >= 4 is 50.4 Å². The van der Waals surface area contributed by atoms with Crippen LogP contribution in [-0.2, 0) is 6.54 Å². The number of aromatic nitrogens is 2. The minimum atomic E-state index is -0.00809. The van der Waals surface area contributed by atoms with Gasteiger partial charge in [-0.3, -0.25) is 14.2 Å². The number of hydrogen-bond acceptors (Lipinski definition) is 6. The number of carbonyl (C=O) groups excluding carboxylic acids is 1. The van der Waals surface area contributed by atoms with Gasteiger partial charge in [0, 0.05) is 16.3 Å². The summed E-state index contributed by atoms with van der Waals surface area (Å²) in [6.45, 7) is 8.43. The van der Waals surface area contributed by atoms with Gasteiger partial charge in [-0.2, -0.15) is 0 Å². The normalized spacial score (nSPS) is 11.3. The highest BCUT2D eigenvalue weighted by Crippen LogP contribution is 2.28. The molecule has 3 heterocycles. The summed E-state index contributed by atoms with van der Waals surface area (Å²) >= 11 is 4.39. The number of Topliss-reactive ketones (excluding diaryl/α,β-unsaturated/α-hetero) is 1. The van der Waals surface area contributed by atoms with Crippen molar-refractivity contribution in [2.24, 2.45) is 0 Å². The van der Waals surface area contributed by atoms with Crippen molar-refractivity contribution in [2.75, 3.05) is 5.75 Å². The van der Waals surface area contributed by atoms with Gasteiger partial charge in [0.15, 0.2) is 10.9 Å². The van der Waals surface area contributed by atoms with Crippen molar-refractivity contribution in [3.05, 3.63) is 42.7 Å². The molecule has 24 heavy (non-hydrogen) atoms. The molecule has 0 aromatic carbocycles. The van der Waals surface area contributed by atoms with Crippen LogP contribution in [0.2, 0.25) is 0 Å². The van der Waals surface area contributed by atoms with E-state index in [1.54, 1.807) is 4.57 Å². The molecule has 3 aromatic rings. The zero-order valence-corrected chi connectivity index (χ0v) is 16.5. The summed E-state index contributed by atoms with van der Waals surface area (Å²) in [5, 5.41) is 1.33. The van der Waals surface area contributed by atoms with Crippen molar-refractivity contribution in [1.29, 1.82) is 0 Å². The molecule has 0 amide bonds. The Labute approximate surface area is 152 Å². The molecule has 0 aliphatic rings. The standard InChI is InChI=1S/C17H18N2O2S3/c1-5-19-16(21)14-10(3)11(4)24-15(14)18-17(19)22-8-12(20)13-7-6-9(2)23-13/h6-7H,5,8H2,1-4H3. The first-order valence-corrected chi connectivity index (χ1v) is 10.3. The lowest BCUT2D eigenvalue weighted by atomic mass is 10.2. The summed E-state index contributed by atoms with van der Waals surface area (Å²) in [7, 11) is 0. The van der Waals surface area contributed by atoms with Crippen molar-refractivity contribution in [3.63, 3.8) is 0 Å². The second-order valence-electron chi connectivity index (χ2n) is 5.53. The van der Waals surface area contributed by atoms with Crippen LogP contribution in [0.25, 0.3) is 10.2 Å². The quantitative estimate of drug-likeness (QED) is 0.374. The Morgan fingerprint density at radius 3 is 2.62 bits per heavy atom. The van der Waals surface area contributed by atoms with E-state index in [0.717, 1.165) is 25.0 Å². The van der Waals surface area contributed by atoms with Gasteiger partial charge in [-0.1, -0.05) is 11.8 Å². The average molecular weight is 379 g/mol. The van der Waals surface area contributed by atoms with E-state index in [2.05, 4.69) is 4.98 Å². The third-order valence-corrected chi connectivity index (χ3v) is 7.04. The molecule has 4 nitrogen and oxygen atoms in total. The van der Waals surface area contributed by atoms with Gasteiger partial charge in [0.25, 0.3) is 5.56 Å². The minimum Gasteiger partial charge on any atom is -0.292 e. The number of thioether (sulfide) groups is 1. The molecule has 7 heteroatoms. The molecule has 0 fully saturated rings. The number of ketones is 1. The highest BCUT2D eigenvalue weighted by atomic mass is 32.2. The van der Waals surface area contributed by atoms with E-state index < -0.39 is 0 Å². The Morgan fingerprint density at radius 1 is 1.25 bits per heavy atom. The van der Waals surface area contributed by atoms with Crippen LogP contribution in [0.15, 0.2) is 22.1 Å². The van der Waals surface area contributed by atoms with E-state index in [-0.39, 0.29) is 11.3 Å². The maximum atomic E-state index is 12.8. The number of thiophene rings is 2. The lowest BCUT2D eigenvalue weighted by Crippen LogP contribution is -2.22. The smallest absolute Gasteiger partial charge is 0.263 e. The van der Waals surface area contributed by atoms with Crippen LogP contribution >= 0.6 is 34.4 Å². The molecule has 0 bridgehead atoms. The van der Waals surface area contributed by atoms with E-state index >= 15 is 0 Å². The maximum absolute atomic E-state index is 12.8. The molecule has 3 rings (SSSR count). The van der Waals surface area contributed by atoms with Crippen LogP contribution in [-0.4, -0.2) is 21.1 Å². The average Bonchev–Trinajstić information content (AvgIpc) is 3.09. The Kier molecular flexibility index (Phi) is 4.94. The zero-order chi connectivity index (χ0) is 17.4. The molecular formula is C17H18N2O2S3. The fraction of sp³-hybridized carbons (Fsp3) is 0.353.